The maximum atomic E-state index is 14.4. The minimum absolute atomic E-state index is 0.0455. The zero-order valence-corrected chi connectivity index (χ0v) is 18.3. The SMILES string of the molecule is Cc1onc(-c2c(F)cccc2Cl)c1C(=O)N[C@@H]1CC[C@H](CNC(=O)c2ccccc2)C1. The first-order valence-corrected chi connectivity index (χ1v) is 10.9. The van der Waals surface area contributed by atoms with Crippen molar-refractivity contribution < 1.29 is 18.5 Å². The van der Waals surface area contributed by atoms with E-state index in [2.05, 4.69) is 15.8 Å². The van der Waals surface area contributed by atoms with E-state index in [1.165, 1.54) is 18.2 Å². The summed E-state index contributed by atoms with van der Waals surface area (Å²) in [5, 5.41) is 10.0. The Morgan fingerprint density at radius 2 is 1.91 bits per heavy atom. The number of benzene rings is 2. The van der Waals surface area contributed by atoms with E-state index in [0.717, 1.165) is 19.3 Å². The molecule has 4 rings (SSSR count). The van der Waals surface area contributed by atoms with E-state index in [1.807, 2.05) is 18.2 Å². The number of aromatic nitrogens is 1. The molecule has 0 aliphatic heterocycles. The van der Waals surface area contributed by atoms with E-state index in [1.54, 1.807) is 19.1 Å². The summed E-state index contributed by atoms with van der Waals surface area (Å²) in [6, 6.07) is 13.3. The highest BCUT2D eigenvalue weighted by atomic mass is 35.5. The van der Waals surface area contributed by atoms with Gasteiger partial charge in [-0.3, -0.25) is 9.59 Å². The number of rotatable bonds is 6. The third kappa shape index (κ3) is 4.67. The molecule has 2 atom stereocenters. The minimum atomic E-state index is -0.574. The Morgan fingerprint density at radius 1 is 1.12 bits per heavy atom. The minimum Gasteiger partial charge on any atom is -0.360 e. The Kier molecular flexibility index (Phi) is 6.55. The van der Waals surface area contributed by atoms with Gasteiger partial charge in [0, 0.05) is 18.2 Å². The van der Waals surface area contributed by atoms with Gasteiger partial charge in [-0.05, 0) is 56.4 Å². The Labute approximate surface area is 190 Å². The van der Waals surface area contributed by atoms with E-state index in [4.69, 9.17) is 16.1 Å². The number of amides is 2. The first-order valence-electron chi connectivity index (χ1n) is 10.5. The fourth-order valence-electron chi connectivity index (χ4n) is 4.11. The van der Waals surface area contributed by atoms with Crippen LogP contribution in [0.4, 0.5) is 4.39 Å². The van der Waals surface area contributed by atoms with Crippen LogP contribution in [-0.4, -0.2) is 29.6 Å². The quantitative estimate of drug-likeness (QED) is 0.560. The van der Waals surface area contributed by atoms with Crippen molar-refractivity contribution in [1.82, 2.24) is 15.8 Å². The highest BCUT2D eigenvalue weighted by Crippen LogP contribution is 2.34. The summed E-state index contributed by atoms with van der Waals surface area (Å²) >= 11 is 6.16. The number of carbonyl (C=O) groups is 2. The molecule has 1 aliphatic carbocycles. The van der Waals surface area contributed by atoms with Crippen molar-refractivity contribution in [3.63, 3.8) is 0 Å². The molecule has 6 nitrogen and oxygen atoms in total. The largest absolute Gasteiger partial charge is 0.360 e. The molecule has 1 heterocycles. The van der Waals surface area contributed by atoms with Crippen LogP contribution >= 0.6 is 11.6 Å². The first kappa shape index (κ1) is 22.0. The Hall–Kier alpha value is -3.19. The number of halogens is 2. The molecule has 1 aliphatic rings. The molecule has 0 spiro atoms. The van der Waals surface area contributed by atoms with Crippen LogP contribution in [0.3, 0.4) is 0 Å². The monoisotopic (exact) mass is 455 g/mol. The molecule has 1 aromatic heterocycles. The summed E-state index contributed by atoms with van der Waals surface area (Å²) in [5.41, 5.74) is 0.937. The maximum Gasteiger partial charge on any atom is 0.257 e. The first-order chi connectivity index (χ1) is 15.4. The third-order valence-corrected chi connectivity index (χ3v) is 6.07. The van der Waals surface area contributed by atoms with Gasteiger partial charge < -0.3 is 15.2 Å². The highest BCUT2D eigenvalue weighted by Gasteiger charge is 2.30. The third-order valence-electron chi connectivity index (χ3n) is 5.75. The lowest BCUT2D eigenvalue weighted by molar-refractivity contribution is 0.0926. The van der Waals surface area contributed by atoms with E-state index >= 15 is 0 Å². The Bertz CT molecular complexity index is 1110. The smallest absolute Gasteiger partial charge is 0.257 e. The van der Waals surface area contributed by atoms with Gasteiger partial charge in [0.05, 0.1) is 10.6 Å². The number of nitrogens with one attached hydrogen (secondary N) is 2. The van der Waals surface area contributed by atoms with Gasteiger partial charge >= 0.3 is 0 Å². The molecule has 2 amide bonds. The summed E-state index contributed by atoms with van der Waals surface area (Å²) in [6.07, 6.45) is 2.41. The molecule has 0 radical (unpaired) electrons. The Balaban J connectivity index is 1.38. The summed E-state index contributed by atoms with van der Waals surface area (Å²) in [5.74, 6) is -0.505. The lowest BCUT2D eigenvalue weighted by Crippen LogP contribution is -2.34. The molecule has 1 fully saturated rings. The van der Waals surface area contributed by atoms with Crippen LogP contribution in [0, 0.1) is 18.7 Å². The van der Waals surface area contributed by atoms with Crippen molar-refractivity contribution in [2.24, 2.45) is 5.92 Å². The molecule has 0 unspecified atom stereocenters. The number of hydrogen-bond donors (Lipinski definition) is 2. The van der Waals surface area contributed by atoms with Crippen molar-refractivity contribution in [1.29, 1.82) is 0 Å². The summed E-state index contributed by atoms with van der Waals surface area (Å²) in [4.78, 5) is 25.3. The molecular weight excluding hydrogens is 433 g/mol. The van der Waals surface area contributed by atoms with Crippen molar-refractivity contribution in [2.45, 2.75) is 32.2 Å². The highest BCUT2D eigenvalue weighted by molar-refractivity contribution is 6.33. The van der Waals surface area contributed by atoms with E-state index in [0.29, 0.717) is 17.9 Å². The predicted molar refractivity (Wildman–Crippen MR) is 119 cm³/mol. The van der Waals surface area contributed by atoms with Gasteiger partial charge in [-0.1, -0.05) is 41.0 Å². The number of hydrogen-bond acceptors (Lipinski definition) is 4. The van der Waals surface area contributed by atoms with Gasteiger partial charge in [-0.25, -0.2) is 4.39 Å². The molecule has 2 N–H and O–H groups in total. The van der Waals surface area contributed by atoms with Gasteiger partial charge in [0.15, 0.2) is 0 Å². The fraction of sp³-hybridized carbons (Fsp3) is 0.292. The van der Waals surface area contributed by atoms with Crippen LogP contribution in [0.5, 0.6) is 0 Å². The second kappa shape index (κ2) is 9.53. The molecular formula is C24H23ClFN3O3. The molecule has 0 bridgehead atoms. The van der Waals surface area contributed by atoms with Crippen molar-refractivity contribution in [2.75, 3.05) is 6.54 Å². The van der Waals surface area contributed by atoms with Crippen molar-refractivity contribution in [3.05, 3.63) is 76.3 Å². The van der Waals surface area contributed by atoms with E-state index in [-0.39, 0.29) is 45.6 Å². The second-order valence-electron chi connectivity index (χ2n) is 7.98. The van der Waals surface area contributed by atoms with Crippen LogP contribution in [0.1, 0.15) is 45.7 Å². The number of carbonyl (C=O) groups excluding carboxylic acids is 2. The van der Waals surface area contributed by atoms with Crippen LogP contribution in [0.2, 0.25) is 5.02 Å². The Morgan fingerprint density at radius 3 is 2.66 bits per heavy atom. The average Bonchev–Trinajstić information content (AvgIpc) is 3.39. The standard InChI is InChI=1S/C24H23ClFN3O3/c1-14-20(22(29-32-14)21-18(25)8-5-9-19(21)26)24(31)28-17-11-10-15(12-17)13-27-23(30)16-6-3-2-4-7-16/h2-9,15,17H,10-13H2,1H3,(H,27,30)(H,28,31)/t15-,17+/m0/s1. The lowest BCUT2D eigenvalue weighted by Gasteiger charge is -2.14. The average molecular weight is 456 g/mol. The molecule has 3 aromatic rings. The van der Waals surface area contributed by atoms with Crippen LogP contribution < -0.4 is 10.6 Å². The summed E-state index contributed by atoms with van der Waals surface area (Å²) < 4.78 is 19.6. The zero-order chi connectivity index (χ0) is 22.7. The molecule has 166 valence electrons. The fourth-order valence-corrected chi connectivity index (χ4v) is 4.36. The normalized spacial score (nSPS) is 17.8. The van der Waals surface area contributed by atoms with Crippen LogP contribution in [0.25, 0.3) is 11.3 Å². The molecule has 0 saturated heterocycles. The summed E-state index contributed by atoms with van der Waals surface area (Å²) in [7, 11) is 0. The molecule has 1 saturated carbocycles. The van der Waals surface area contributed by atoms with Gasteiger partial charge in [0.2, 0.25) is 0 Å². The topological polar surface area (TPSA) is 84.2 Å². The van der Waals surface area contributed by atoms with Gasteiger partial charge in [-0.2, -0.15) is 0 Å². The maximum absolute atomic E-state index is 14.4. The van der Waals surface area contributed by atoms with Gasteiger partial charge in [0.25, 0.3) is 11.8 Å². The van der Waals surface area contributed by atoms with Crippen molar-refractivity contribution >= 4 is 23.4 Å². The van der Waals surface area contributed by atoms with Crippen LogP contribution in [0.15, 0.2) is 53.1 Å². The van der Waals surface area contributed by atoms with Gasteiger partial charge in [-0.15, -0.1) is 0 Å². The van der Waals surface area contributed by atoms with Crippen molar-refractivity contribution in [3.8, 4) is 11.3 Å². The molecule has 8 heteroatoms. The number of aryl methyl sites for hydroxylation is 1. The molecule has 2 aromatic carbocycles. The van der Waals surface area contributed by atoms with Gasteiger partial charge in [0.1, 0.15) is 22.8 Å². The summed E-state index contributed by atoms with van der Waals surface area (Å²) in [6.45, 7) is 2.15. The van der Waals surface area contributed by atoms with Crippen LogP contribution in [-0.2, 0) is 0 Å². The number of nitrogens with zero attached hydrogens (tertiary/aromatic N) is 1. The lowest BCUT2D eigenvalue weighted by atomic mass is 10.0. The van der Waals surface area contributed by atoms with E-state index < -0.39 is 5.82 Å². The van der Waals surface area contributed by atoms with E-state index in [9.17, 15) is 14.0 Å². The molecule has 32 heavy (non-hydrogen) atoms. The predicted octanol–water partition coefficient (Wildman–Crippen LogP) is 4.77. The zero-order valence-electron chi connectivity index (χ0n) is 17.5. The second-order valence-corrected chi connectivity index (χ2v) is 8.39.